The molecule has 2 rings (SSSR count). The topological polar surface area (TPSA) is 110 Å². The highest BCUT2D eigenvalue weighted by Crippen LogP contribution is 2.24. The molecule has 1 aromatic carbocycles. The number of ether oxygens (including phenoxy) is 1. The van der Waals surface area contributed by atoms with Gasteiger partial charge in [-0.05, 0) is 30.5 Å². The quantitative estimate of drug-likeness (QED) is 0.636. The van der Waals surface area contributed by atoms with Crippen LogP contribution in [0.15, 0.2) is 39.9 Å². The Morgan fingerprint density at radius 1 is 1.34 bits per heavy atom. The minimum Gasteiger partial charge on any atom is -0.383 e. The van der Waals surface area contributed by atoms with Gasteiger partial charge in [0, 0.05) is 31.3 Å². The summed E-state index contributed by atoms with van der Waals surface area (Å²) in [7, 11) is 1.49. The van der Waals surface area contributed by atoms with Gasteiger partial charge in [-0.2, -0.15) is 0 Å². The molecule has 0 fully saturated rings. The average molecular weight is 421 g/mol. The Bertz CT molecular complexity index is 1030. The smallest absolute Gasteiger partial charge is 0.330 e. The number of allylic oxidation sites excluding steroid dienone is 1. The zero-order valence-electron chi connectivity index (χ0n) is 16.7. The number of H-pyrrole nitrogens is 1. The molecular weight excluding hydrogens is 396 g/mol. The number of carbonyl (C=O) groups excluding carboxylic acids is 1. The van der Waals surface area contributed by atoms with E-state index in [2.05, 4.69) is 4.98 Å². The number of anilines is 2. The number of aromatic nitrogens is 2. The van der Waals surface area contributed by atoms with Gasteiger partial charge in [0.2, 0.25) is 0 Å². The van der Waals surface area contributed by atoms with Crippen LogP contribution in [0.2, 0.25) is 5.02 Å². The SMILES string of the molecule is CCCn1c(N)c(N(CCOC)C(=O)C=C(C)c2ccccc2Cl)c(=O)[nH]c1=O. The highest BCUT2D eigenvalue weighted by molar-refractivity contribution is 6.32. The molecule has 0 spiro atoms. The molecule has 0 saturated heterocycles. The molecule has 0 saturated carbocycles. The first-order valence-electron chi connectivity index (χ1n) is 9.18. The summed E-state index contributed by atoms with van der Waals surface area (Å²) in [5.41, 5.74) is 6.02. The number of benzene rings is 1. The van der Waals surface area contributed by atoms with Crippen molar-refractivity contribution in [1.29, 1.82) is 0 Å². The third-order valence-electron chi connectivity index (χ3n) is 4.35. The molecule has 0 unspecified atom stereocenters. The lowest BCUT2D eigenvalue weighted by atomic mass is 10.1. The number of hydrogen-bond donors (Lipinski definition) is 2. The van der Waals surface area contributed by atoms with Crippen molar-refractivity contribution < 1.29 is 9.53 Å². The van der Waals surface area contributed by atoms with Crippen LogP contribution in [-0.4, -0.2) is 35.7 Å². The molecule has 0 aliphatic heterocycles. The van der Waals surface area contributed by atoms with Crippen molar-refractivity contribution in [2.24, 2.45) is 0 Å². The predicted molar refractivity (Wildman–Crippen MR) is 115 cm³/mol. The van der Waals surface area contributed by atoms with Gasteiger partial charge in [0.25, 0.3) is 11.5 Å². The highest BCUT2D eigenvalue weighted by atomic mass is 35.5. The number of rotatable bonds is 8. The molecule has 0 aliphatic carbocycles. The molecule has 2 aromatic rings. The van der Waals surface area contributed by atoms with E-state index in [-0.39, 0.29) is 24.7 Å². The Balaban J connectivity index is 2.55. The number of nitrogens with two attached hydrogens (primary N) is 1. The van der Waals surface area contributed by atoms with E-state index in [4.69, 9.17) is 22.1 Å². The molecule has 1 amide bonds. The van der Waals surface area contributed by atoms with E-state index in [1.165, 1.54) is 22.7 Å². The highest BCUT2D eigenvalue weighted by Gasteiger charge is 2.23. The number of carbonyl (C=O) groups is 1. The molecule has 0 bridgehead atoms. The molecule has 156 valence electrons. The fourth-order valence-corrected chi connectivity index (χ4v) is 3.21. The molecule has 1 heterocycles. The zero-order valence-corrected chi connectivity index (χ0v) is 17.5. The lowest BCUT2D eigenvalue weighted by Gasteiger charge is -2.23. The van der Waals surface area contributed by atoms with Crippen molar-refractivity contribution >= 4 is 34.6 Å². The van der Waals surface area contributed by atoms with Gasteiger partial charge < -0.3 is 10.5 Å². The van der Waals surface area contributed by atoms with Gasteiger partial charge in [0.1, 0.15) is 5.82 Å². The molecule has 0 aliphatic rings. The number of methoxy groups -OCH3 is 1. The van der Waals surface area contributed by atoms with Gasteiger partial charge in [-0.25, -0.2) is 4.79 Å². The molecule has 29 heavy (non-hydrogen) atoms. The van der Waals surface area contributed by atoms with Crippen LogP contribution in [0.25, 0.3) is 5.57 Å². The van der Waals surface area contributed by atoms with Gasteiger partial charge in [-0.3, -0.25) is 24.0 Å². The van der Waals surface area contributed by atoms with Crippen molar-refractivity contribution in [1.82, 2.24) is 9.55 Å². The van der Waals surface area contributed by atoms with Gasteiger partial charge >= 0.3 is 5.69 Å². The zero-order chi connectivity index (χ0) is 21.6. The van der Waals surface area contributed by atoms with Crippen LogP contribution in [-0.2, 0) is 16.1 Å². The van der Waals surface area contributed by atoms with Crippen molar-refractivity contribution in [3.8, 4) is 0 Å². The normalized spacial score (nSPS) is 11.5. The minimum atomic E-state index is -0.729. The van der Waals surface area contributed by atoms with E-state index in [0.717, 1.165) is 0 Å². The van der Waals surface area contributed by atoms with Crippen LogP contribution in [0.5, 0.6) is 0 Å². The molecule has 0 radical (unpaired) electrons. The van der Waals surface area contributed by atoms with E-state index in [1.807, 2.05) is 13.0 Å². The van der Waals surface area contributed by atoms with Gasteiger partial charge in [0.05, 0.1) is 6.61 Å². The van der Waals surface area contributed by atoms with Gasteiger partial charge in [-0.15, -0.1) is 0 Å². The van der Waals surface area contributed by atoms with Crippen LogP contribution in [0, 0.1) is 0 Å². The maximum Gasteiger partial charge on any atom is 0.330 e. The van der Waals surface area contributed by atoms with E-state index in [9.17, 15) is 14.4 Å². The maximum atomic E-state index is 13.1. The molecule has 0 atom stereocenters. The lowest BCUT2D eigenvalue weighted by molar-refractivity contribution is -0.114. The van der Waals surface area contributed by atoms with Crippen LogP contribution in [0.4, 0.5) is 11.5 Å². The summed E-state index contributed by atoms with van der Waals surface area (Å²) in [6.45, 7) is 4.20. The average Bonchev–Trinajstić information content (AvgIpc) is 2.67. The maximum absolute atomic E-state index is 13.1. The number of aromatic amines is 1. The Labute approximate surface area is 173 Å². The van der Waals surface area contributed by atoms with Crippen LogP contribution in [0.3, 0.4) is 0 Å². The summed E-state index contributed by atoms with van der Waals surface area (Å²) >= 11 is 6.21. The second kappa shape index (κ2) is 10.1. The van der Waals surface area contributed by atoms with Crippen LogP contribution in [0.1, 0.15) is 25.8 Å². The van der Waals surface area contributed by atoms with Crippen molar-refractivity contribution in [2.75, 3.05) is 30.9 Å². The second-order valence-electron chi connectivity index (χ2n) is 6.43. The second-order valence-corrected chi connectivity index (χ2v) is 6.84. The summed E-state index contributed by atoms with van der Waals surface area (Å²) in [6, 6.07) is 7.13. The number of nitrogens with zero attached hydrogens (tertiary/aromatic N) is 2. The Hall–Kier alpha value is -2.84. The van der Waals surface area contributed by atoms with E-state index in [0.29, 0.717) is 29.1 Å². The molecule has 1 aromatic heterocycles. The number of amides is 1. The number of nitrogens with one attached hydrogen (secondary N) is 1. The van der Waals surface area contributed by atoms with Gasteiger partial charge in [-0.1, -0.05) is 36.7 Å². The molecule has 8 nitrogen and oxygen atoms in total. The fraction of sp³-hybridized carbons (Fsp3) is 0.350. The summed E-state index contributed by atoms with van der Waals surface area (Å²) in [5, 5.41) is 0.506. The Morgan fingerprint density at radius 2 is 2.03 bits per heavy atom. The van der Waals surface area contributed by atoms with E-state index >= 15 is 0 Å². The number of halogens is 1. The first-order chi connectivity index (χ1) is 13.8. The third-order valence-corrected chi connectivity index (χ3v) is 4.68. The largest absolute Gasteiger partial charge is 0.383 e. The predicted octanol–water partition coefficient (Wildman–Crippen LogP) is 2.27. The molecule has 9 heteroatoms. The number of nitrogen functional groups attached to an aromatic ring is 1. The fourth-order valence-electron chi connectivity index (χ4n) is 2.92. The van der Waals surface area contributed by atoms with Crippen molar-refractivity contribution in [3.05, 3.63) is 61.8 Å². The first-order valence-corrected chi connectivity index (χ1v) is 9.55. The lowest BCUT2D eigenvalue weighted by Crippen LogP contribution is -2.42. The Morgan fingerprint density at radius 3 is 2.66 bits per heavy atom. The third kappa shape index (κ3) is 5.16. The van der Waals surface area contributed by atoms with E-state index in [1.54, 1.807) is 25.1 Å². The number of hydrogen-bond acceptors (Lipinski definition) is 5. The van der Waals surface area contributed by atoms with Gasteiger partial charge in [0.15, 0.2) is 5.69 Å². The minimum absolute atomic E-state index is 0.0613. The summed E-state index contributed by atoms with van der Waals surface area (Å²) in [4.78, 5) is 41.1. The van der Waals surface area contributed by atoms with E-state index < -0.39 is 17.2 Å². The summed E-state index contributed by atoms with van der Waals surface area (Å²) in [5.74, 6) is -0.535. The Kier molecular flexibility index (Phi) is 7.81. The monoisotopic (exact) mass is 420 g/mol. The van der Waals surface area contributed by atoms with Crippen LogP contribution < -0.4 is 21.9 Å². The summed E-state index contributed by atoms with van der Waals surface area (Å²) in [6.07, 6.45) is 2.01. The summed E-state index contributed by atoms with van der Waals surface area (Å²) < 4.78 is 6.32. The van der Waals surface area contributed by atoms with Crippen molar-refractivity contribution in [2.45, 2.75) is 26.8 Å². The standard InChI is InChI=1S/C20H25ClN4O4/c1-4-9-25-18(22)17(19(27)23-20(25)28)24(10-11-29-3)16(26)12-13(2)14-7-5-6-8-15(14)21/h5-8,12H,4,9-11,22H2,1-3H3,(H,23,27,28). The van der Waals surface area contributed by atoms with Crippen LogP contribution >= 0.6 is 11.6 Å². The van der Waals surface area contributed by atoms with Crippen molar-refractivity contribution in [3.63, 3.8) is 0 Å². The first kappa shape index (κ1) is 22.4. The molecular formula is C20H25ClN4O4. The molecule has 3 N–H and O–H groups in total.